The maximum atomic E-state index is 12.2. The number of carbonyl (C=O) groups excluding carboxylic acids is 2. The third-order valence-corrected chi connectivity index (χ3v) is 3.84. The highest BCUT2D eigenvalue weighted by molar-refractivity contribution is 5.94. The Kier molecular flexibility index (Phi) is 4.99. The maximum Gasteiger partial charge on any atom is 0.260 e. The lowest BCUT2D eigenvalue weighted by Crippen LogP contribution is -2.44. The van der Waals surface area contributed by atoms with Crippen LogP contribution in [-0.4, -0.2) is 36.3 Å². The summed E-state index contributed by atoms with van der Waals surface area (Å²) in [5.74, 6) is 1.77. The van der Waals surface area contributed by atoms with E-state index in [2.05, 4.69) is 13.8 Å². The van der Waals surface area contributed by atoms with Crippen molar-refractivity contribution in [3.8, 4) is 5.75 Å². The summed E-state index contributed by atoms with van der Waals surface area (Å²) in [7, 11) is 0. The minimum Gasteiger partial charge on any atom is -0.484 e. The molecule has 4 nitrogen and oxygen atoms in total. The lowest BCUT2D eigenvalue weighted by molar-refractivity contribution is -0.136. The second kappa shape index (κ2) is 6.74. The van der Waals surface area contributed by atoms with Crippen LogP contribution in [0.5, 0.6) is 5.75 Å². The number of amides is 1. The summed E-state index contributed by atoms with van der Waals surface area (Å²) in [4.78, 5) is 25.3. The second-order valence-electron chi connectivity index (χ2n) is 6.11. The number of hydrogen-bond acceptors (Lipinski definition) is 3. The first-order valence-corrected chi connectivity index (χ1v) is 7.47. The minimum absolute atomic E-state index is 0.0221. The van der Waals surface area contributed by atoms with E-state index in [4.69, 9.17) is 4.74 Å². The first kappa shape index (κ1) is 15.5. The number of ether oxygens (including phenoxy) is 1. The fourth-order valence-electron chi connectivity index (χ4n) is 2.89. The van der Waals surface area contributed by atoms with Crippen molar-refractivity contribution in [2.75, 3.05) is 19.7 Å². The van der Waals surface area contributed by atoms with Crippen molar-refractivity contribution < 1.29 is 14.3 Å². The van der Waals surface area contributed by atoms with Crippen molar-refractivity contribution in [1.29, 1.82) is 0 Å². The predicted molar refractivity (Wildman–Crippen MR) is 81.5 cm³/mol. The van der Waals surface area contributed by atoms with Crippen molar-refractivity contribution in [1.82, 2.24) is 4.90 Å². The Bertz CT molecular complexity index is 499. The average Bonchev–Trinajstić information content (AvgIpc) is 2.44. The zero-order valence-corrected chi connectivity index (χ0v) is 13.0. The minimum atomic E-state index is 0.0221. The molecule has 1 aliphatic heterocycles. The van der Waals surface area contributed by atoms with Gasteiger partial charge in [0.15, 0.2) is 12.4 Å². The number of piperidine rings is 1. The topological polar surface area (TPSA) is 46.6 Å². The zero-order valence-electron chi connectivity index (χ0n) is 13.0. The quantitative estimate of drug-likeness (QED) is 0.801. The fourth-order valence-corrected chi connectivity index (χ4v) is 2.89. The number of hydrogen-bond donors (Lipinski definition) is 0. The molecule has 1 heterocycles. The Morgan fingerprint density at radius 3 is 2.24 bits per heavy atom. The SMILES string of the molecule is CC(=O)c1ccc(OCC(=O)N2C[C@@H](C)C[C@H](C)C2)cc1. The van der Waals surface area contributed by atoms with Gasteiger partial charge in [0.1, 0.15) is 5.75 Å². The molecular weight excluding hydrogens is 266 g/mol. The van der Waals surface area contributed by atoms with Gasteiger partial charge in [0, 0.05) is 18.7 Å². The Labute approximate surface area is 126 Å². The average molecular weight is 289 g/mol. The van der Waals surface area contributed by atoms with Gasteiger partial charge in [-0.1, -0.05) is 13.8 Å². The van der Waals surface area contributed by atoms with E-state index < -0.39 is 0 Å². The van der Waals surface area contributed by atoms with Gasteiger partial charge in [-0.05, 0) is 49.4 Å². The van der Waals surface area contributed by atoms with E-state index in [9.17, 15) is 9.59 Å². The van der Waals surface area contributed by atoms with E-state index in [1.54, 1.807) is 24.3 Å². The van der Waals surface area contributed by atoms with Crippen molar-refractivity contribution in [3.63, 3.8) is 0 Å². The van der Waals surface area contributed by atoms with Gasteiger partial charge in [0.25, 0.3) is 5.91 Å². The molecule has 0 aromatic heterocycles. The molecule has 1 amide bonds. The van der Waals surface area contributed by atoms with Gasteiger partial charge in [0.05, 0.1) is 0 Å². The lowest BCUT2D eigenvalue weighted by atomic mass is 9.92. The molecule has 0 unspecified atom stereocenters. The zero-order chi connectivity index (χ0) is 15.4. The number of carbonyl (C=O) groups is 2. The molecule has 114 valence electrons. The summed E-state index contributed by atoms with van der Waals surface area (Å²) in [5.41, 5.74) is 0.646. The van der Waals surface area contributed by atoms with Gasteiger partial charge in [-0.3, -0.25) is 9.59 Å². The van der Waals surface area contributed by atoms with Crippen LogP contribution in [-0.2, 0) is 4.79 Å². The van der Waals surface area contributed by atoms with E-state index in [-0.39, 0.29) is 18.3 Å². The highest BCUT2D eigenvalue weighted by Crippen LogP contribution is 2.21. The number of Topliss-reactive ketones (excluding diaryl/α,β-unsaturated/α-hetero) is 1. The third kappa shape index (κ3) is 4.31. The molecule has 2 atom stereocenters. The van der Waals surface area contributed by atoms with Crippen molar-refractivity contribution in [3.05, 3.63) is 29.8 Å². The summed E-state index contributed by atoms with van der Waals surface area (Å²) < 4.78 is 5.52. The molecule has 0 saturated carbocycles. The molecule has 2 rings (SSSR count). The number of benzene rings is 1. The van der Waals surface area contributed by atoms with Crippen LogP contribution in [0.3, 0.4) is 0 Å². The van der Waals surface area contributed by atoms with Crippen molar-refractivity contribution in [2.24, 2.45) is 11.8 Å². The summed E-state index contributed by atoms with van der Waals surface area (Å²) >= 11 is 0. The summed E-state index contributed by atoms with van der Waals surface area (Å²) in [6.07, 6.45) is 1.18. The largest absolute Gasteiger partial charge is 0.484 e. The molecule has 1 saturated heterocycles. The molecular formula is C17H23NO3. The molecule has 0 radical (unpaired) electrons. The first-order chi connectivity index (χ1) is 9.95. The summed E-state index contributed by atoms with van der Waals surface area (Å²) in [5, 5.41) is 0. The normalized spacial score (nSPS) is 22.0. The number of likely N-dealkylation sites (tertiary alicyclic amines) is 1. The van der Waals surface area contributed by atoms with Gasteiger partial charge in [-0.25, -0.2) is 0 Å². The van der Waals surface area contributed by atoms with E-state index in [1.807, 2.05) is 4.90 Å². The van der Waals surface area contributed by atoms with Crippen LogP contribution in [0.2, 0.25) is 0 Å². The van der Waals surface area contributed by atoms with Gasteiger partial charge in [-0.15, -0.1) is 0 Å². The molecule has 4 heteroatoms. The van der Waals surface area contributed by atoms with Crippen LogP contribution in [0, 0.1) is 11.8 Å². The van der Waals surface area contributed by atoms with Crippen LogP contribution < -0.4 is 4.74 Å². The van der Waals surface area contributed by atoms with Gasteiger partial charge >= 0.3 is 0 Å². The molecule has 0 N–H and O–H groups in total. The van der Waals surface area contributed by atoms with Crippen LogP contribution in [0.15, 0.2) is 24.3 Å². The summed E-state index contributed by atoms with van der Waals surface area (Å²) in [6, 6.07) is 6.89. The van der Waals surface area contributed by atoms with Gasteiger partial charge in [0.2, 0.25) is 0 Å². The molecule has 0 spiro atoms. The molecule has 1 aromatic carbocycles. The fraction of sp³-hybridized carbons (Fsp3) is 0.529. The molecule has 1 aliphatic rings. The third-order valence-electron chi connectivity index (χ3n) is 3.84. The molecule has 1 aromatic rings. The van der Waals surface area contributed by atoms with E-state index in [0.29, 0.717) is 23.1 Å². The van der Waals surface area contributed by atoms with Crippen LogP contribution in [0.4, 0.5) is 0 Å². The summed E-state index contributed by atoms with van der Waals surface area (Å²) in [6.45, 7) is 7.57. The van der Waals surface area contributed by atoms with Crippen LogP contribution in [0.25, 0.3) is 0 Å². The van der Waals surface area contributed by atoms with Gasteiger partial charge < -0.3 is 9.64 Å². The monoisotopic (exact) mass is 289 g/mol. The van der Waals surface area contributed by atoms with Crippen molar-refractivity contribution >= 4 is 11.7 Å². The Morgan fingerprint density at radius 1 is 1.14 bits per heavy atom. The van der Waals surface area contributed by atoms with Crippen molar-refractivity contribution in [2.45, 2.75) is 27.2 Å². The smallest absolute Gasteiger partial charge is 0.260 e. The van der Waals surface area contributed by atoms with E-state index in [1.165, 1.54) is 13.3 Å². The molecule has 1 fully saturated rings. The Hall–Kier alpha value is -1.84. The van der Waals surface area contributed by atoms with Crippen LogP contribution in [0.1, 0.15) is 37.6 Å². The lowest BCUT2D eigenvalue weighted by Gasteiger charge is -2.34. The number of rotatable bonds is 4. The maximum absolute atomic E-state index is 12.2. The Balaban J connectivity index is 1.87. The van der Waals surface area contributed by atoms with E-state index in [0.717, 1.165) is 13.1 Å². The van der Waals surface area contributed by atoms with Gasteiger partial charge in [-0.2, -0.15) is 0 Å². The van der Waals surface area contributed by atoms with E-state index >= 15 is 0 Å². The number of nitrogens with zero attached hydrogens (tertiary/aromatic N) is 1. The highest BCUT2D eigenvalue weighted by Gasteiger charge is 2.25. The standard InChI is InChI=1S/C17H23NO3/c1-12-8-13(2)10-18(9-12)17(20)11-21-16-6-4-15(5-7-16)14(3)19/h4-7,12-13H,8-11H2,1-3H3/t12-,13-/m0/s1. The molecule has 0 aliphatic carbocycles. The van der Waals surface area contributed by atoms with Crippen LogP contribution >= 0.6 is 0 Å². The predicted octanol–water partition coefficient (Wildman–Crippen LogP) is 2.77. The Morgan fingerprint density at radius 2 is 1.71 bits per heavy atom. The first-order valence-electron chi connectivity index (χ1n) is 7.47. The number of ketones is 1. The molecule has 21 heavy (non-hydrogen) atoms. The molecule has 0 bridgehead atoms. The highest BCUT2D eigenvalue weighted by atomic mass is 16.5. The second-order valence-corrected chi connectivity index (χ2v) is 6.11.